The summed E-state index contributed by atoms with van der Waals surface area (Å²) in [6.45, 7) is 3.16. The van der Waals surface area contributed by atoms with Gasteiger partial charge in [0.25, 0.3) is 0 Å². The van der Waals surface area contributed by atoms with E-state index in [-0.39, 0.29) is 12.6 Å². The van der Waals surface area contributed by atoms with Gasteiger partial charge in [-0.3, -0.25) is 0 Å². The third kappa shape index (κ3) is 3.93. The molecule has 0 amide bonds. The van der Waals surface area contributed by atoms with Gasteiger partial charge >= 0.3 is 0 Å². The highest BCUT2D eigenvalue weighted by Crippen LogP contribution is 2.35. The van der Waals surface area contributed by atoms with Crippen LogP contribution in [-0.4, -0.2) is 18.3 Å². The van der Waals surface area contributed by atoms with Gasteiger partial charge in [0.1, 0.15) is 0 Å². The highest BCUT2D eigenvalue weighted by molar-refractivity contribution is 7.20. The number of aliphatic hydroxyl groups is 1. The lowest BCUT2D eigenvalue weighted by Gasteiger charge is -2.16. The molecule has 0 aliphatic rings. The average molecular weight is 268 g/mol. The van der Waals surface area contributed by atoms with Crippen LogP contribution in [0.3, 0.4) is 0 Å². The van der Waals surface area contributed by atoms with E-state index in [1.807, 2.05) is 6.07 Å². The highest BCUT2D eigenvalue weighted by atomic mass is 35.5. The summed E-state index contributed by atoms with van der Waals surface area (Å²) < 4.78 is 1.40. The van der Waals surface area contributed by atoms with Gasteiger partial charge in [0.2, 0.25) is 0 Å². The van der Waals surface area contributed by atoms with Gasteiger partial charge in [-0.05, 0) is 25.5 Å². The smallest absolute Gasteiger partial charge is 0.0991 e. The first-order valence-electron chi connectivity index (χ1n) is 4.98. The minimum atomic E-state index is 0.103. The molecule has 5 heteroatoms. The molecule has 86 valence electrons. The van der Waals surface area contributed by atoms with Crippen LogP contribution < -0.4 is 5.32 Å². The Morgan fingerprint density at radius 1 is 1.53 bits per heavy atom. The Labute approximate surface area is 104 Å². The first-order valence-corrected chi connectivity index (χ1v) is 6.55. The van der Waals surface area contributed by atoms with Gasteiger partial charge in [0, 0.05) is 18.2 Å². The van der Waals surface area contributed by atoms with E-state index in [1.54, 1.807) is 0 Å². The molecule has 0 aliphatic carbocycles. The van der Waals surface area contributed by atoms with Crippen molar-refractivity contribution in [3.8, 4) is 0 Å². The van der Waals surface area contributed by atoms with Gasteiger partial charge in [-0.2, -0.15) is 0 Å². The molecule has 1 aromatic heterocycles. The van der Waals surface area contributed by atoms with E-state index < -0.39 is 0 Å². The minimum absolute atomic E-state index is 0.103. The summed E-state index contributed by atoms with van der Waals surface area (Å²) in [7, 11) is 0. The lowest BCUT2D eigenvalue weighted by molar-refractivity contribution is 0.266. The van der Waals surface area contributed by atoms with Gasteiger partial charge in [0.15, 0.2) is 0 Å². The maximum atomic E-state index is 8.98. The van der Waals surface area contributed by atoms with Crippen molar-refractivity contribution in [2.24, 2.45) is 0 Å². The summed E-state index contributed by atoms with van der Waals surface area (Å²) in [5.74, 6) is 0. The van der Waals surface area contributed by atoms with E-state index in [2.05, 4.69) is 12.2 Å². The van der Waals surface area contributed by atoms with E-state index >= 15 is 0 Å². The van der Waals surface area contributed by atoms with E-state index in [9.17, 15) is 0 Å². The zero-order valence-electron chi connectivity index (χ0n) is 8.59. The van der Waals surface area contributed by atoms with Crippen LogP contribution in [0.15, 0.2) is 6.07 Å². The molecule has 1 atom stereocenters. The number of nitrogens with one attached hydrogen (secondary N) is 1. The van der Waals surface area contributed by atoms with E-state index in [0.717, 1.165) is 18.5 Å². The van der Waals surface area contributed by atoms with Gasteiger partial charge in [-0.1, -0.05) is 30.1 Å². The SMILES string of the molecule is CCCNC(CCO)c1cc(Cl)sc1Cl. The molecule has 0 aromatic carbocycles. The van der Waals surface area contributed by atoms with E-state index in [4.69, 9.17) is 28.3 Å². The molecule has 2 nitrogen and oxygen atoms in total. The van der Waals surface area contributed by atoms with Crippen molar-refractivity contribution in [1.29, 1.82) is 0 Å². The fourth-order valence-corrected chi connectivity index (χ4v) is 2.98. The standard InChI is InChI=1S/C10H15Cl2NOS/c1-2-4-13-8(3-5-14)7-6-9(11)15-10(7)12/h6,8,13-14H,2-5H2,1H3. The number of hydrogen-bond acceptors (Lipinski definition) is 3. The molecule has 1 aromatic rings. The summed E-state index contributed by atoms with van der Waals surface area (Å²) in [5, 5.41) is 12.3. The number of thiophene rings is 1. The molecule has 2 N–H and O–H groups in total. The number of halogens is 2. The number of hydrogen-bond donors (Lipinski definition) is 2. The van der Waals surface area contributed by atoms with Crippen LogP contribution >= 0.6 is 34.5 Å². The molecule has 1 heterocycles. The van der Waals surface area contributed by atoms with Crippen LogP contribution in [0.5, 0.6) is 0 Å². The molecule has 1 unspecified atom stereocenters. The predicted molar refractivity (Wildman–Crippen MR) is 67.1 cm³/mol. The highest BCUT2D eigenvalue weighted by Gasteiger charge is 2.16. The van der Waals surface area contributed by atoms with Crippen molar-refractivity contribution in [1.82, 2.24) is 5.32 Å². The Morgan fingerprint density at radius 2 is 2.27 bits per heavy atom. The van der Waals surface area contributed by atoms with Gasteiger partial charge < -0.3 is 10.4 Å². The fourth-order valence-electron chi connectivity index (χ4n) is 1.41. The molecule has 0 aliphatic heterocycles. The normalized spacial score (nSPS) is 13.1. The van der Waals surface area contributed by atoms with Gasteiger partial charge in [-0.25, -0.2) is 0 Å². The second-order valence-corrected chi connectivity index (χ2v) is 5.58. The summed E-state index contributed by atoms with van der Waals surface area (Å²) in [6.07, 6.45) is 1.71. The second kappa shape index (κ2) is 6.71. The Hall–Kier alpha value is 0.200. The van der Waals surface area contributed by atoms with Gasteiger partial charge in [-0.15, -0.1) is 11.3 Å². The van der Waals surface area contributed by atoms with Crippen molar-refractivity contribution in [3.63, 3.8) is 0 Å². The Balaban J connectivity index is 2.73. The van der Waals surface area contributed by atoms with Crippen molar-refractivity contribution in [3.05, 3.63) is 20.3 Å². The van der Waals surface area contributed by atoms with Crippen LogP contribution in [-0.2, 0) is 0 Å². The maximum absolute atomic E-state index is 8.98. The molecule has 0 bridgehead atoms. The van der Waals surface area contributed by atoms with Crippen LogP contribution in [0.2, 0.25) is 8.67 Å². The average Bonchev–Trinajstić information content (AvgIpc) is 2.52. The molecular formula is C10H15Cl2NOS. The zero-order chi connectivity index (χ0) is 11.3. The second-order valence-electron chi connectivity index (χ2n) is 3.30. The third-order valence-electron chi connectivity index (χ3n) is 2.12. The molecule has 0 fully saturated rings. The summed E-state index contributed by atoms with van der Waals surface area (Å²) >= 11 is 13.3. The zero-order valence-corrected chi connectivity index (χ0v) is 10.9. The van der Waals surface area contributed by atoms with Crippen molar-refractivity contribution in [2.45, 2.75) is 25.8 Å². The van der Waals surface area contributed by atoms with Gasteiger partial charge in [0.05, 0.1) is 8.67 Å². The molecule has 15 heavy (non-hydrogen) atoms. The Kier molecular flexibility index (Phi) is 5.94. The number of rotatable bonds is 6. The van der Waals surface area contributed by atoms with E-state index in [1.165, 1.54) is 11.3 Å². The first kappa shape index (κ1) is 13.3. The molecule has 1 rings (SSSR count). The fraction of sp³-hybridized carbons (Fsp3) is 0.600. The first-order chi connectivity index (χ1) is 7.19. The number of aliphatic hydroxyl groups excluding tert-OH is 1. The summed E-state index contributed by atoms with van der Waals surface area (Å²) in [4.78, 5) is 0. The minimum Gasteiger partial charge on any atom is -0.396 e. The lowest BCUT2D eigenvalue weighted by atomic mass is 10.1. The van der Waals surface area contributed by atoms with Crippen LogP contribution in [0.25, 0.3) is 0 Å². The largest absolute Gasteiger partial charge is 0.396 e. The van der Waals surface area contributed by atoms with Crippen molar-refractivity contribution < 1.29 is 5.11 Å². The summed E-state index contributed by atoms with van der Waals surface area (Å²) in [6, 6.07) is 1.98. The van der Waals surface area contributed by atoms with Crippen molar-refractivity contribution in [2.75, 3.05) is 13.2 Å². The lowest BCUT2D eigenvalue weighted by Crippen LogP contribution is -2.22. The van der Waals surface area contributed by atoms with E-state index in [0.29, 0.717) is 15.1 Å². The predicted octanol–water partition coefficient (Wildman–Crippen LogP) is 3.48. The molecule has 0 saturated heterocycles. The summed E-state index contributed by atoms with van der Waals surface area (Å²) in [5.41, 5.74) is 0.995. The van der Waals surface area contributed by atoms with Crippen LogP contribution in [0, 0.1) is 0 Å². The monoisotopic (exact) mass is 267 g/mol. The molecule has 0 saturated carbocycles. The topological polar surface area (TPSA) is 32.3 Å². The van der Waals surface area contributed by atoms with Crippen LogP contribution in [0.1, 0.15) is 31.4 Å². The third-order valence-corrected chi connectivity index (χ3v) is 3.63. The Bertz CT molecular complexity index is 304. The maximum Gasteiger partial charge on any atom is 0.0991 e. The Morgan fingerprint density at radius 3 is 2.73 bits per heavy atom. The molecular weight excluding hydrogens is 253 g/mol. The van der Waals surface area contributed by atoms with Crippen molar-refractivity contribution >= 4 is 34.5 Å². The quantitative estimate of drug-likeness (QED) is 0.827. The van der Waals surface area contributed by atoms with Crippen LogP contribution in [0.4, 0.5) is 0 Å². The molecule has 0 spiro atoms. The molecule has 0 radical (unpaired) electrons.